The number of esters is 1. The first-order valence-corrected chi connectivity index (χ1v) is 7.86. The molecule has 1 aromatic heterocycles. The van der Waals surface area contributed by atoms with Crippen molar-refractivity contribution in [2.45, 2.75) is 13.5 Å². The zero-order valence-corrected chi connectivity index (χ0v) is 14.1. The van der Waals surface area contributed by atoms with Gasteiger partial charge in [-0.3, -0.25) is 0 Å². The summed E-state index contributed by atoms with van der Waals surface area (Å²) in [6.45, 7) is 2.20. The Bertz CT molecular complexity index is 835. The molecule has 0 fully saturated rings. The van der Waals surface area contributed by atoms with Crippen molar-refractivity contribution in [3.63, 3.8) is 0 Å². The molecule has 1 heterocycles. The van der Waals surface area contributed by atoms with Gasteiger partial charge in [-0.2, -0.15) is 0 Å². The highest BCUT2D eigenvalue weighted by Gasteiger charge is 2.16. The number of aryl methyl sites for hydroxylation is 1. The van der Waals surface area contributed by atoms with Gasteiger partial charge in [-0.1, -0.05) is 42.0 Å². The van der Waals surface area contributed by atoms with Gasteiger partial charge in [0.05, 0.1) is 5.52 Å². The summed E-state index contributed by atoms with van der Waals surface area (Å²) in [4.78, 5) is 21.0. The molecule has 0 unspecified atom stereocenters. The van der Waals surface area contributed by atoms with Gasteiger partial charge >= 0.3 is 5.97 Å². The standard InChI is InChI=1S/C17H13IN2O2/c1-11-7-8-14-13(9-11)15(20-17(18)19-14)16(21)22-10-12-5-3-2-4-6-12/h2-9H,10H2,1H3. The Morgan fingerprint density at radius 3 is 2.68 bits per heavy atom. The smallest absolute Gasteiger partial charge is 0.358 e. The lowest BCUT2D eigenvalue weighted by atomic mass is 10.1. The molecule has 0 amide bonds. The van der Waals surface area contributed by atoms with E-state index >= 15 is 0 Å². The van der Waals surface area contributed by atoms with Crippen LogP contribution in [-0.4, -0.2) is 15.9 Å². The molecule has 0 radical (unpaired) electrons. The average Bonchev–Trinajstić information content (AvgIpc) is 2.53. The number of carbonyl (C=O) groups is 1. The number of halogens is 1. The molecule has 0 aliphatic rings. The van der Waals surface area contributed by atoms with E-state index in [4.69, 9.17) is 4.74 Å². The molecule has 3 aromatic rings. The highest BCUT2D eigenvalue weighted by Crippen LogP contribution is 2.19. The zero-order valence-electron chi connectivity index (χ0n) is 11.9. The minimum atomic E-state index is -0.431. The van der Waals surface area contributed by atoms with E-state index in [1.165, 1.54) is 0 Å². The fourth-order valence-corrected chi connectivity index (χ4v) is 2.66. The molecule has 2 aromatic carbocycles. The van der Waals surface area contributed by atoms with E-state index in [9.17, 15) is 4.79 Å². The van der Waals surface area contributed by atoms with Crippen LogP contribution in [0.5, 0.6) is 0 Å². The predicted molar refractivity (Wildman–Crippen MR) is 92.6 cm³/mol. The first-order valence-electron chi connectivity index (χ1n) is 6.78. The average molecular weight is 404 g/mol. The van der Waals surface area contributed by atoms with Crippen molar-refractivity contribution in [2.24, 2.45) is 0 Å². The largest absolute Gasteiger partial charge is 0.456 e. The summed E-state index contributed by atoms with van der Waals surface area (Å²) in [6, 6.07) is 15.3. The summed E-state index contributed by atoms with van der Waals surface area (Å²) in [5.41, 5.74) is 3.06. The molecule has 0 atom stereocenters. The van der Waals surface area contributed by atoms with Crippen LogP contribution in [0.4, 0.5) is 0 Å². The maximum absolute atomic E-state index is 12.4. The lowest BCUT2D eigenvalue weighted by molar-refractivity contribution is 0.0468. The Kier molecular flexibility index (Phi) is 4.33. The normalized spacial score (nSPS) is 10.6. The molecule has 4 nitrogen and oxygen atoms in total. The second kappa shape index (κ2) is 6.39. The van der Waals surface area contributed by atoms with Crippen LogP contribution in [0.1, 0.15) is 21.6 Å². The van der Waals surface area contributed by atoms with Crippen molar-refractivity contribution in [3.05, 3.63) is 69.2 Å². The molecular weight excluding hydrogens is 391 g/mol. The summed E-state index contributed by atoms with van der Waals surface area (Å²) < 4.78 is 5.91. The number of aromatic nitrogens is 2. The predicted octanol–water partition coefficient (Wildman–Crippen LogP) is 3.90. The molecule has 22 heavy (non-hydrogen) atoms. The number of carbonyl (C=O) groups excluding carboxylic acids is 1. The van der Waals surface area contributed by atoms with Gasteiger partial charge in [0.1, 0.15) is 6.61 Å². The Morgan fingerprint density at radius 1 is 1.14 bits per heavy atom. The fourth-order valence-electron chi connectivity index (χ4n) is 2.16. The Hall–Kier alpha value is -2.02. The summed E-state index contributed by atoms with van der Waals surface area (Å²) >= 11 is 2.01. The Balaban J connectivity index is 1.91. The maximum atomic E-state index is 12.4. The third-order valence-corrected chi connectivity index (χ3v) is 3.71. The van der Waals surface area contributed by atoms with Gasteiger partial charge in [-0.25, -0.2) is 14.8 Å². The Labute approximate surface area is 141 Å². The topological polar surface area (TPSA) is 52.1 Å². The van der Waals surface area contributed by atoms with Gasteiger partial charge in [0, 0.05) is 28.0 Å². The van der Waals surface area contributed by atoms with Crippen LogP contribution in [0.25, 0.3) is 10.9 Å². The van der Waals surface area contributed by atoms with Crippen molar-refractivity contribution >= 4 is 39.5 Å². The van der Waals surface area contributed by atoms with E-state index in [0.717, 1.165) is 22.0 Å². The highest BCUT2D eigenvalue weighted by molar-refractivity contribution is 14.1. The molecule has 5 heteroatoms. The summed E-state index contributed by atoms with van der Waals surface area (Å²) in [5, 5.41) is 0.721. The number of hydrogen-bond acceptors (Lipinski definition) is 4. The van der Waals surface area contributed by atoms with Gasteiger partial charge in [-0.05, 0) is 24.6 Å². The van der Waals surface area contributed by atoms with Crippen molar-refractivity contribution < 1.29 is 9.53 Å². The molecule has 0 saturated carbocycles. The number of benzene rings is 2. The quantitative estimate of drug-likeness (QED) is 0.378. The monoisotopic (exact) mass is 404 g/mol. The number of fused-ring (bicyclic) bond motifs is 1. The molecule has 0 N–H and O–H groups in total. The molecule has 0 aliphatic carbocycles. The third-order valence-electron chi connectivity index (χ3n) is 3.23. The fraction of sp³-hybridized carbons (Fsp3) is 0.118. The van der Waals surface area contributed by atoms with E-state index in [1.54, 1.807) is 0 Å². The SMILES string of the molecule is Cc1ccc2nc(I)nc(C(=O)OCc3ccccc3)c2c1. The second-order valence-electron chi connectivity index (χ2n) is 4.92. The second-order valence-corrected chi connectivity index (χ2v) is 5.89. The van der Waals surface area contributed by atoms with Gasteiger partial charge < -0.3 is 4.74 Å². The van der Waals surface area contributed by atoms with Crippen molar-refractivity contribution in [2.75, 3.05) is 0 Å². The summed E-state index contributed by atoms with van der Waals surface area (Å²) in [6.07, 6.45) is 0. The first-order chi connectivity index (χ1) is 10.6. The molecule has 0 aliphatic heterocycles. The number of ether oxygens (including phenoxy) is 1. The summed E-state index contributed by atoms with van der Waals surface area (Å²) in [5.74, 6) is -0.431. The van der Waals surface area contributed by atoms with Crippen LogP contribution < -0.4 is 0 Å². The van der Waals surface area contributed by atoms with Gasteiger partial charge in [-0.15, -0.1) is 0 Å². The van der Waals surface area contributed by atoms with Gasteiger partial charge in [0.2, 0.25) is 0 Å². The molecule has 0 saturated heterocycles. The third kappa shape index (κ3) is 3.24. The van der Waals surface area contributed by atoms with Gasteiger partial charge in [0.25, 0.3) is 0 Å². The number of hydrogen-bond donors (Lipinski definition) is 0. The molecule has 3 rings (SSSR count). The molecule has 0 bridgehead atoms. The minimum absolute atomic E-state index is 0.230. The van der Waals surface area contributed by atoms with E-state index in [1.807, 2.05) is 78.0 Å². The van der Waals surface area contributed by atoms with Crippen molar-refractivity contribution in [1.29, 1.82) is 0 Å². The van der Waals surface area contributed by atoms with Crippen LogP contribution in [0.2, 0.25) is 0 Å². The van der Waals surface area contributed by atoms with Crippen LogP contribution in [0.3, 0.4) is 0 Å². The van der Waals surface area contributed by atoms with Crippen LogP contribution >= 0.6 is 22.6 Å². The lowest BCUT2D eigenvalue weighted by Gasteiger charge is -2.08. The lowest BCUT2D eigenvalue weighted by Crippen LogP contribution is -2.10. The van der Waals surface area contributed by atoms with E-state index in [2.05, 4.69) is 9.97 Å². The van der Waals surface area contributed by atoms with E-state index in [0.29, 0.717) is 9.53 Å². The summed E-state index contributed by atoms with van der Waals surface area (Å²) in [7, 11) is 0. The van der Waals surface area contributed by atoms with Crippen molar-refractivity contribution in [1.82, 2.24) is 9.97 Å². The molecule has 110 valence electrons. The van der Waals surface area contributed by atoms with Gasteiger partial charge in [0.15, 0.2) is 9.53 Å². The molecular formula is C17H13IN2O2. The van der Waals surface area contributed by atoms with Crippen LogP contribution in [-0.2, 0) is 11.3 Å². The highest BCUT2D eigenvalue weighted by atomic mass is 127. The maximum Gasteiger partial charge on any atom is 0.358 e. The van der Waals surface area contributed by atoms with Crippen molar-refractivity contribution in [3.8, 4) is 0 Å². The molecule has 0 spiro atoms. The minimum Gasteiger partial charge on any atom is -0.456 e. The Morgan fingerprint density at radius 2 is 1.91 bits per heavy atom. The number of nitrogens with zero attached hydrogens (tertiary/aromatic N) is 2. The number of rotatable bonds is 3. The van der Waals surface area contributed by atoms with Crippen LogP contribution in [0.15, 0.2) is 48.5 Å². The zero-order chi connectivity index (χ0) is 15.5. The van der Waals surface area contributed by atoms with Crippen LogP contribution in [0, 0.1) is 10.8 Å². The first kappa shape index (κ1) is 14.9. The van der Waals surface area contributed by atoms with E-state index < -0.39 is 5.97 Å². The van der Waals surface area contributed by atoms with E-state index in [-0.39, 0.29) is 6.61 Å².